The zero-order chi connectivity index (χ0) is 13.1. The van der Waals surface area contributed by atoms with Crippen molar-refractivity contribution in [2.24, 2.45) is 0 Å². The first-order chi connectivity index (χ1) is 8.56. The molecule has 1 N–H and O–H groups in total. The van der Waals surface area contributed by atoms with Crippen LogP contribution in [-0.4, -0.2) is 10.9 Å². The van der Waals surface area contributed by atoms with Crippen molar-refractivity contribution in [3.63, 3.8) is 0 Å². The third-order valence-corrected chi connectivity index (χ3v) is 2.74. The van der Waals surface area contributed by atoms with Gasteiger partial charge in [-0.25, -0.2) is 4.98 Å². The average molecular weight is 262 g/mol. The topological polar surface area (TPSA) is 55.1 Å². The summed E-state index contributed by atoms with van der Waals surface area (Å²) >= 11 is 4.20. The van der Waals surface area contributed by atoms with Gasteiger partial charge >= 0.3 is 0 Å². The Hall–Kier alpha value is -1.75. The summed E-state index contributed by atoms with van der Waals surface area (Å²) < 4.78 is 5.36. The van der Waals surface area contributed by atoms with Gasteiger partial charge in [-0.3, -0.25) is 4.79 Å². The van der Waals surface area contributed by atoms with Gasteiger partial charge in [0.2, 0.25) is 5.89 Å². The van der Waals surface area contributed by atoms with Crippen molar-refractivity contribution in [3.8, 4) is 0 Å². The zero-order valence-electron chi connectivity index (χ0n) is 10.2. The lowest BCUT2D eigenvalue weighted by Gasteiger charge is -2.10. The monoisotopic (exact) mass is 262 g/mol. The smallest absolute Gasteiger partial charge is 0.251 e. The van der Waals surface area contributed by atoms with Gasteiger partial charge in [-0.05, 0) is 32.0 Å². The minimum Gasteiger partial charge on any atom is -0.444 e. The maximum absolute atomic E-state index is 12.0. The van der Waals surface area contributed by atoms with Crippen LogP contribution in [0, 0.1) is 6.92 Å². The second-order valence-corrected chi connectivity index (χ2v) is 4.57. The molecule has 0 saturated heterocycles. The number of benzene rings is 1. The fourth-order valence-electron chi connectivity index (χ4n) is 1.56. The summed E-state index contributed by atoms with van der Waals surface area (Å²) in [6, 6.07) is 6.79. The Morgan fingerprint density at radius 2 is 2.28 bits per heavy atom. The van der Waals surface area contributed by atoms with Crippen molar-refractivity contribution in [1.82, 2.24) is 10.3 Å². The molecule has 0 aliphatic heterocycles. The van der Waals surface area contributed by atoms with Crippen LogP contribution in [0.2, 0.25) is 0 Å². The minimum absolute atomic E-state index is 0.172. The van der Waals surface area contributed by atoms with Crippen LogP contribution in [0.3, 0.4) is 0 Å². The average Bonchev–Trinajstić information content (AvgIpc) is 2.76. The SMILES string of the molecule is Cc1cnc(C(C)NC(=O)c2cccc(S)c2)o1. The number of aromatic nitrogens is 1. The quantitative estimate of drug-likeness (QED) is 0.836. The van der Waals surface area contributed by atoms with E-state index in [2.05, 4.69) is 22.9 Å². The summed E-state index contributed by atoms with van der Waals surface area (Å²) in [4.78, 5) is 16.8. The predicted molar refractivity (Wildman–Crippen MR) is 70.8 cm³/mol. The molecule has 2 rings (SSSR count). The second-order valence-electron chi connectivity index (χ2n) is 4.05. The largest absolute Gasteiger partial charge is 0.444 e. The van der Waals surface area contributed by atoms with Crippen molar-refractivity contribution in [1.29, 1.82) is 0 Å². The number of carbonyl (C=O) groups is 1. The van der Waals surface area contributed by atoms with Gasteiger partial charge in [0.1, 0.15) is 11.8 Å². The van der Waals surface area contributed by atoms with Crippen LogP contribution >= 0.6 is 12.6 Å². The molecule has 4 nitrogen and oxygen atoms in total. The molecule has 1 heterocycles. The summed E-state index contributed by atoms with van der Waals surface area (Å²) in [5.41, 5.74) is 0.567. The number of hydrogen-bond acceptors (Lipinski definition) is 4. The summed E-state index contributed by atoms with van der Waals surface area (Å²) in [5, 5.41) is 2.82. The highest BCUT2D eigenvalue weighted by atomic mass is 32.1. The summed E-state index contributed by atoms with van der Waals surface area (Å²) in [6.45, 7) is 3.64. The summed E-state index contributed by atoms with van der Waals surface area (Å²) in [6.07, 6.45) is 1.63. The van der Waals surface area contributed by atoms with E-state index in [9.17, 15) is 4.79 Å². The first-order valence-electron chi connectivity index (χ1n) is 5.58. The lowest BCUT2D eigenvalue weighted by Crippen LogP contribution is -2.26. The van der Waals surface area contributed by atoms with Gasteiger partial charge in [-0.15, -0.1) is 12.6 Å². The molecule has 1 aromatic heterocycles. The molecule has 0 saturated carbocycles. The number of nitrogens with zero attached hydrogens (tertiary/aromatic N) is 1. The molecule has 1 atom stereocenters. The lowest BCUT2D eigenvalue weighted by atomic mass is 10.2. The van der Waals surface area contributed by atoms with E-state index in [1.54, 1.807) is 24.4 Å². The molecule has 0 radical (unpaired) electrons. The molecule has 0 spiro atoms. The molecule has 18 heavy (non-hydrogen) atoms. The van der Waals surface area contributed by atoms with E-state index >= 15 is 0 Å². The van der Waals surface area contributed by atoms with Gasteiger partial charge in [0, 0.05) is 10.5 Å². The van der Waals surface area contributed by atoms with E-state index in [0.29, 0.717) is 11.5 Å². The molecule has 0 aliphatic carbocycles. The number of thiol groups is 1. The molecule has 94 valence electrons. The Morgan fingerprint density at radius 1 is 1.50 bits per heavy atom. The van der Waals surface area contributed by atoms with Crippen LogP contribution in [0.1, 0.15) is 35.0 Å². The molecule has 0 fully saturated rings. The first-order valence-corrected chi connectivity index (χ1v) is 6.03. The van der Waals surface area contributed by atoms with Crippen LogP contribution in [0.15, 0.2) is 39.8 Å². The molecular formula is C13H14N2O2S. The van der Waals surface area contributed by atoms with E-state index < -0.39 is 0 Å². The van der Waals surface area contributed by atoms with Gasteiger partial charge in [-0.2, -0.15) is 0 Å². The van der Waals surface area contributed by atoms with E-state index in [-0.39, 0.29) is 11.9 Å². The fraction of sp³-hybridized carbons (Fsp3) is 0.231. The maximum Gasteiger partial charge on any atom is 0.251 e. The predicted octanol–water partition coefficient (Wildman–Crippen LogP) is 2.76. The molecule has 1 aromatic carbocycles. The molecule has 2 aromatic rings. The molecule has 1 amide bonds. The van der Waals surface area contributed by atoms with Crippen LogP contribution in [-0.2, 0) is 0 Å². The van der Waals surface area contributed by atoms with Crippen molar-refractivity contribution >= 4 is 18.5 Å². The highest BCUT2D eigenvalue weighted by molar-refractivity contribution is 7.80. The first kappa shape index (κ1) is 12.7. The van der Waals surface area contributed by atoms with Gasteiger partial charge in [0.05, 0.1) is 6.20 Å². The van der Waals surface area contributed by atoms with E-state index in [1.807, 2.05) is 19.9 Å². The Labute approximate surface area is 111 Å². The Kier molecular flexibility index (Phi) is 3.72. The lowest BCUT2D eigenvalue weighted by molar-refractivity contribution is 0.0933. The van der Waals surface area contributed by atoms with E-state index in [4.69, 9.17) is 4.42 Å². The van der Waals surface area contributed by atoms with Gasteiger partial charge in [0.25, 0.3) is 5.91 Å². The Morgan fingerprint density at radius 3 is 2.89 bits per heavy atom. The number of rotatable bonds is 3. The third kappa shape index (κ3) is 2.92. The normalized spacial score (nSPS) is 12.2. The van der Waals surface area contributed by atoms with Gasteiger partial charge in [0.15, 0.2) is 0 Å². The van der Waals surface area contributed by atoms with Crippen molar-refractivity contribution in [2.45, 2.75) is 24.8 Å². The zero-order valence-corrected chi connectivity index (χ0v) is 11.1. The van der Waals surface area contributed by atoms with Crippen LogP contribution < -0.4 is 5.32 Å². The maximum atomic E-state index is 12.0. The Bertz CT molecular complexity index is 566. The number of aryl methyl sites for hydroxylation is 1. The van der Waals surface area contributed by atoms with Gasteiger partial charge in [-0.1, -0.05) is 6.07 Å². The Balaban J connectivity index is 2.08. The van der Waals surface area contributed by atoms with Crippen LogP contribution in [0.25, 0.3) is 0 Å². The molecule has 1 unspecified atom stereocenters. The third-order valence-electron chi connectivity index (χ3n) is 2.47. The molecule has 0 aliphatic rings. The van der Waals surface area contributed by atoms with Crippen molar-refractivity contribution in [3.05, 3.63) is 47.7 Å². The number of nitrogens with one attached hydrogen (secondary N) is 1. The summed E-state index contributed by atoms with van der Waals surface area (Å²) in [5.74, 6) is 1.06. The molecular weight excluding hydrogens is 248 g/mol. The number of carbonyl (C=O) groups excluding carboxylic acids is 1. The van der Waals surface area contributed by atoms with Crippen LogP contribution in [0.4, 0.5) is 0 Å². The van der Waals surface area contributed by atoms with E-state index in [1.165, 1.54) is 0 Å². The molecule has 0 bridgehead atoms. The number of oxazole rings is 1. The number of amides is 1. The van der Waals surface area contributed by atoms with E-state index in [0.717, 1.165) is 10.7 Å². The standard InChI is InChI=1S/C13H14N2O2S/c1-8-7-14-13(17-8)9(2)15-12(16)10-4-3-5-11(18)6-10/h3-7,9,18H,1-2H3,(H,15,16). The van der Waals surface area contributed by atoms with Crippen molar-refractivity contribution < 1.29 is 9.21 Å². The minimum atomic E-state index is -0.269. The number of hydrogen-bond donors (Lipinski definition) is 2. The second kappa shape index (κ2) is 5.27. The fourth-order valence-corrected chi connectivity index (χ4v) is 1.79. The highest BCUT2D eigenvalue weighted by Gasteiger charge is 2.15. The van der Waals surface area contributed by atoms with Gasteiger partial charge < -0.3 is 9.73 Å². The van der Waals surface area contributed by atoms with Crippen LogP contribution in [0.5, 0.6) is 0 Å². The van der Waals surface area contributed by atoms with Crippen molar-refractivity contribution in [2.75, 3.05) is 0 Å². The summed E-state index contributed by atoms with van der Waals surface area (Å²) in [7, 11) is 0. The highest BCUT2D eigenvalue weighted by Crippen LogP contribution is 2.14. The molecule has 5 heteroatoms.